The first kappa shape index (κ1) is 39.3. The van der Waals surface area contributed by atoms with Gasteiger partial charge < -0.3 is 0 Å². The maximum atomic E-state index is 13.3. The van der Waals surface area contributed by atoms with Crippen molar-refractivity contribution >= 4 is 11.8 Å². The minimum Gasteiger partial charge on any atom is -0.230 e. The van der Waals surface area contributed by atoms with Gasteiger partial charge in [-0.15, -0.1) is 0 Å². The normalized spacial score (nSPS) is 11.8. The Balaban J connectivity index is 3.99. The molecule has 238 valence electrons. The molecule has 0 spiro atoms. The van der Waals surface area contributed by atoms with E-state index in [1.165, 1.54) is 141 Å². The van der Waals surface area contributed by atoms with Gasteiger partial charge in [0.25, 0.3) is 0 Å². The number of carbonyl (C=O) groups excluding carboxylic acids is 2. The molecule has 0 aliphatic carbocycles. The van der Waals surface area contributed by atoms with Crippen LogP contribution in [0.15, 0.2) is 0 Å². The summed E-state index contributed by atoms with van der Waals surface area (Å²) in [5.74, 6) is 0.374. The van der Waals surface area contributed by atoms with Gasteiger partial charge in [0, 0.05) is 0 Å². The van der Waals surface area contributed by atoms with Crippen molar-refractivity contribution in [1.29, 1.82) is 0 Å². The summed E-state index contributed by atoms with van der Waals surface area (Å²) in [5.41, 5.74) is 0. The molecule has 0 bridgehead atoms. The van der Waals surface area contributed by atoms with E-state index >= 15 is 0 Å². The quantitative estimate of drug-likeness (QED) is 0.0619. The Kier molecular flexibility index (Phi) is 29.3. The van der Waals surface area contributed by atoms with Gasteiger partial charge in [0.05, 0.1) is 25.9 Å². The second-order valence-corrected chi connectivity index (χ2v) is 12.8. The molecule has 0 N–H and O–H groups in total. The summed E-state index contributed by atoms with van der Waals surface area (Å²) in [7, 11) is 0. The molecule has 0 fully saturated rings. The van der Waals surface area contributed by atoms with Gasteiger partial charge in [0.15, 0.2) is 0 Å². The average Bonchev–Trinajstić information content (AvgIpc) is 2.96. The zero-order valence-electron chi connectivity index (χ0n) is 28.2. The van der Waals surface area contributed by atoms with E-state index < -0.39 is 0 Å². The van der Waals surface area contributed by atoms with E-state index in [-0.39, 0.29) is 16.3 Å². The topological polar surface area (TPSA) is 34.1 Å². The van der Waals surface area contributed by atoms with Crippen molar-refractivity contribution in [2.24, 2.45) is 0 Å². The molecular weight excluding hydrogens is 490 g/mol. The number of carbonyl (C=O) groups is 2. The Labute approximate surface area is 252 Å². The highest BCUT2D eigenvalue weighted by Gasteiger charge is 2.40. The number of hydrogen-bond acceptors (Lipinski definition) is 2. The van der Waals surface area contributed by atoms with E-state index in [9.17, 15) is 9.59 Å². The second-order valence-electron chi connectivity index (χ2n) is 12.8. The van der Waals surface area contributed by atoms with Gasteiger partial charge in [-0.25, -0.2) is 9.59 Å². The largest absolute Gasteiger partial charge is 0.321 e. The Bertz CT molecular complexity index is 516. The molecule has 0 aromatic rings. The lowest BCUT2D eigenvalue weighted by molar-refractivity contribution is -0.778. The van der Waals surface area contributed by atoms with Crippen LogP contribution in [-0.4, -0.2) is 29.4 Å². The smallest absolute Gasteiger partial charge is 0.230 e. The van der Waals surface area contributed by atoms with Crippen LogP contribution in [0.4, 0.5) is 0 Å². The molecule has 3 heteroatoms. The third kappa shape index (κ3) is 21.1. The summed E-state index contributed by atoms with van der Waals surface area (Å²) >= 11 is 0. The molecule has 40 heavy (non-hydrogen) atoms. The molecule has 0 saturated heterocycles. The van der Waals surface area contributed by atoms with Crippen LogP contribution in [0.25, 0.3) is 0 Å². The van der Waals surface area contributed by atoms with Crippen LogP contribution < -0.4 is 0 Å². The van der Waals surface area contributed by atoms with E-state index in [0.29, 0.717) is 25.9 Å². The van der Waals surface area contributed by atoms with Crippen LogP contribution in [0.3, 0.4) is 0 Å². The number of rotatable bonds is 31. The van der Waals surface area contributed by atoms with Gasteiger partial charge in [-0.05, 0) is 26.2 Å². The zero-order valence-corrected chi connectivity index (χ0v) is 28.2. The van der Waals surface area contributed by atoms with Crippen LogP contribution in [-0.2, 0) is 9.59 Å². The van der Waals surface area contributed by atoms with Crippen LogP contribution >= 0.6 is 0 Å². The number of nitrogens with zero attached hydrogens (tertiary/aromatic N) is 1. The van der Waals surface area contributed by atoms with Crippen molar-refractivity contribution in [3.63, 3.8) is 0 Å². The predicted molar refractivity (Wildman–Crippen MR) is 177 cm³/mol. The standard InChI is InChI=1S/C37H74NO2/c1-5-9-11-13-15-17-19-21-23-25-27-29-31-33-36(39)38(8-4,35-7-3)37(40)34-32-30-28-26-24-22-20-18-16-14-12-10-6-2/h5-35H2,1-4H3/q+1. The summed E-state index contributed by atoms with van der Waals surface area (Å²) < 4.78 is 0.104. The number of hydrogen-bond donors (Lipinski definition) is 0. The molecular formula is C37H74NO2+. The molecule has 2 amide bonds. The maximum absolute atomic E-state index is 13.3. The number of quaternary nitrogens is 1. The first-order valence-corrected chi connectivity index (χ1v) is 18.5. The fraction of sp³-hybridized carbons (Fsp3) is 0.946. The van der Waals surface area contributed by atoms with Crippen molar-refractivity contribution in [1.82, 2.24) is 0 Å². The summed E-state index contributed by atoms with van der Waals surface area (Å²) in [6.07, 6.45) is 36.2. The average molecular weight is 565 g/mol. The van der Waals surface area contributed by atoms with Crippen molar-refractivity contribution in [3.8, 4) is 0 Å². The first-order chi connectivity index (χ1) is 19.6. The van der Waals surface area contributed by atoms with Gasteiger partial charge in [-0.1, -0.05) is 175 Å². The molecule has 0 heterocycles. The Morgan fingerprint density at radius 2 is 0.600 bits per heavy atom. The Hall–Kier alpha value is -0.700. The van der Waals surface area contributed by atoms with Gasteiger partial charge in [0.1, 0.15) is 0 Å². The minimum absolute atomic E-state index is 0.104. The molecule has 3 nitrogen and oxygen atoms in total. The lowest BCUT2D eigenvalue weighted by Gasteiger charge is -2.32. The monoisotopic (exact) mass is 565 g/mol. The van der Waals surface area contributed by atoms with Crippen LogP contribution in [0.1, 0.15) is 214 Å². The van der Waals surface area contributed by atoms with Crippen LogP contribution in [0.5, 0.6) is 0 Å². The SMILES string of the molecule is CCCCCCCCCCCCCCCC(=O)[N+](CC)(CCC)C(=O)CCCCCCCCCCCCCCC. The molecule has 0 rings (SSSR count). The molecule has 0 aromatic carbocycles. The summed E-state index contributed by atoms with van der Waals surface area (Å²) in [4.78, 5) is 26.6. The predicted octanol–water partition coefficient (Wildman–Crippen LogP) is 12.2. The lowest BCUT2D eigenvalue weighted by atomic mass is 10.0. The Morgan fingerprint density at radius 3 is 0.825 bits per heavy atom. The molecule has 0 radical (unpaired) electrons. The zero-order chi connectivity index (χ0) is 29.6. The van der Waals surface area contributed by atoms with E-state index in [1.54, 1.807) is 0 Å². The molecule has 0 aliphatic heterocycles. The first-order valence-electron chi connectivity index (χ1n) is 18.5. The highest BCUT2D eigenvalue weighted by molar-refractivity contribution is 5.84. The number of imide groups is 1. The van der Waals surface area contributed by atoms with E-state index in [4.69, 9.17) is 0 Å². The maximum Gasteiger partial charge on any atom is 0.321 e. The van der Waals surface area contributed by atoms with E-state index in [1.807, 2.05) is 6.92 Å². The molecule has 0 aliphatic rings. The number of amides is 2. The highest BCUT2D eigenvalue weighted by Crippen LogP contribution is 2.20. The summed E-state index contributed by atoms with van der Waals surface area (Å²) in [5, 5.41) is 0. The Morgan fingerprint density at radius 1 is 0.350 bits per heavy atom. The van der Waals surface area contributed by atoms with Gasteiger partial charge >= 0.3 is 11.8 Å². The molecule has 0 saturated carbocycles. The number of unbranched alkanes of at least 4 members (excludes halogenated alkanes) is 24. The summed E-state index contributed by atoms with van der Waals surface area (Å²) in [6.45, 7) is 10.0. The third-order valence-electron chi connectivity index (χ3n) is 9.09. The second kappa shape index (κ2) is 29.8. The van der Waals surface area contributed by atoms with E-state index in [0.717, 1.165) is 32.1 Å². The van der Waals surface area contributed by atoms with Crippen LogP contribution in [0, 0.1) is 0 Å². The lowest BCUT2D eigenvalue weighted by Crippen LogP contribution is -2.57. The van der Waals surface area contributed by atoms with Crippen LogP contribution in [0.2, 0.25) is 0 Å². The van der Waals surface area contributed by atoms with Gasteiger partial charge in [-0.2, -0.15) is 4.48 Å². The molecule has 0 aromatic heterocycles. The highest BCUT2D eigenvalue weighted by atomic mass is 16.2. The van der Waals surface area contributed by atoms with Crippen molar-refractivity contribution in [3.05, 3.63) is 0 Å². The van der Waals surface area contributed by atoms with Crippen molar-refractivity contribution in [2.45, 2.75) is 214 Å². The third-order valence-corrected chi connectivity index (χ3v) is 9.09. The molecule has 0 unspecified atom stereocenters. The summed E-state index contributed by atoms with van der Waals surface area (Å²) in [6, 6.07) is 0. The fourth-order valence-electron chi connectivity index (χ4n) is 6.30. The van der Waals surface area contributed by atoms with E-state index in [2.05, 4.69) is 20.8 Å². The molecule has 0 atom stereocenters. The van der Waals surface area contributed by atoms with Gasteiger partial charge in [0.2, 0.25) is 0 Å². The van der Waals surface area contributed by atoms with Gasteiger partial charge in [-0.3, -0.25) is 0 Å². The van der Waals surface area contributed by atoms with Crippen molar-refractivity contribution < 1.29 is 14.1 Å². The fourth-order valence-corrected chi connectivity index (χ4v) is 6.30. The minimum atomic E-state index is 0.104. The van der Waals surface area contributed by atoms with Crippen molar-refractivity contribution in [2.75, 3.05) is 13.1 Å².